The minimum atomic E-state index is -0.908. The van der Waals surface area contributed by atoms with Crippen molar-refractivity contribution in [3.8, 4) is 0 Å². The van der Waals surface area contributed by atoms with Crippen molar-refractivity contribution in [2.24, 2.45) is 0 Å². The number of nitrogens with one attached hydrogen (secondary N) is 1. The number of aromatic amines is 1. The smallest absolute Gasteiger partial charge is 0.291 e. The van der Waals surface area contributed by atoms with Crippen molar-refractivity contribution in [1.82, 2.24) is 20.1 Å². The Morgan fingerprint density at radius 2 is 2.07 bits per heavy atom. The first kappa shape index (κ1) is 9.87. The van der Waals surface area contributed by atoms with E-state index in [0.29, 0.717) is 0 Å². The molecular weight excluding hydrogens is 202 g/mol. The Balaban J connectivity index is 2.10. The number of hydrogen-bond donors (Lipinski definition) is 4. The van der Waals surface area contributed by atoms with E-state index in [4.69, 9.17) is 5.73 Å². The lowest BCUT2D eigenvalue weighted by Crippen LogP contribution is -2.30. The van der Waals surface area contributed by atoms with Gasteiger partial charge in [0.15, 0.2) is 0 Å². The molecule has 0 aromatic carbocycles. The Labute approximate surface area is 84.7 Å². The lowest BCUT2D eigenvalue weighted by atomic mass is 10.3. The molecule has 15 heavy (non-hydrogen) atoms. The van der Waals surface area contributed by atoms with Gasteiger partial charge in [0.2, 0.25) is 11.8 Å². The van der Waals surface area contributed by atoms with Crippen LogP contribution in [-0.4, -0.2) is 61.5 Å². The normalized spacial score (nSPS) is 25.9. The summed E-state index contributed by atoms with van der Waals surface area (Å²) >= 11 is 0. The number of aliphatic hydroxyl groups excluding tert-OH is 2. The molecule has 1 amide bonds. The highest BCUT2D eigenvalue weighted by atomic mass is 16.3. The van der Waals surface area contributed by atoms with Crippen molar-refractivity contribution in [2.75, 3.05) is 18.8 Å². The maximum absolute atomic E-state index is 11.7. The number of nitrogen functional groups attached to an aromatic ring is 1. The molecule has 2 rings (SSSR count). The number of nitrogens with zero attached hydrogens (tertiary/aromatic N) is 3. The van der Waals surface area contributed by atoms with Gasteiger partial charge in [0.05, 0.1) is 12.2 Å². The lowest BCUT2D eigenvalue weighted by Gasteiger charge is -2.12. The van der Waals surface area contributed by atoms with Gasteiger partial charge in [-0.2, -0.15) is 4.98 Å². The maximum atomic E-state index is 11.7. The van der Waals surface area contributed by atoms with Gasteiger partial charge in [0.25, 0.3) is 5.91 Å². The maximum Gasteiger partial charge on any atom is 0.291 e. The number of carbonyl (C=O) groups is 1. The Morgan fingerprint density at radius 3 is 2.53 bits per heavy atom. The van der Waals surface area contributed by atoms with Crippen LogP contribution in [0.5, 0.6) is 0 Å². The zero-order valence-electron chi connectivity index (χ0n) is 7.79. The number of aliphatic hydroxyl groups is 2. The molecule has 5 N–H and O–H groups in total. The first-order valence-corrected chi connectivity index (χ1v) is 4.41. The number of anilines is 1. The standard InChI is InChI=1S/C7H11N5O3/c8-7-9-5(10-11-7)6(15)12-1-3(13)4(14)2-12/h3-4,13-14H,1-2H2,(H3,8,9,10,11). The number of rotatable bonds is 1. The number of aromatic nitrogens is 3. The Bertz CT molecular complexity index is 368. The molecule has 2 unspecified atom stereocenters. The third kappa shape index (κ3) is 1.76. The van der Waals surface area contributed by atoms with Crippen LogP contribution in [0, 0.1) is 0 Å². The summed E-state index contributed by atoms with van der Waals surface area (Å²) in [5.74, 6) is -0.442. The van der Waals surface area contributed by atoms with Gasteiger partial charge in [0, 0.05) is 13.1 Å². The van der Waals surface area contributed by atoms with Crippen LogP contribution in [0.3, 0.4) is 0 Å². The molecule has 1 aromatic heterocycles. The van der Waals surface area contributed by atoms with Crippen molar-refractivity contribution in [3.63, 3.8) is 0 Å². The second-order valence-electron chi connectivity index (χ2n) is 3.39. The van der Waals surface area contributed by atoms with Gasteiger partial charge < -0.3 is 20.8 Å². The SMILES string of the molecule is Nc1n[nH]c(C(=O)N2CC(O)C(O)C2)n1. The molecule has 0 bridgehead atoms. The highest BCUT2D eigenvalue weighted by molar-refractivity contribution is 5.90. The molecule has 1 aromatic rings. The van der Waals surface area contributed by atoms with E-state index >= 15 is 0 Å². The summed E-state index contributed by atoms with van der Waals surface area (Å²) in [6.45, 7) is 0.168. The molecule has 0 spiro atoms. The van der Waals surface area contributed by atoms with Crippen LogP contribution >= 0.6 is 0 Å². The van der Waals surface area contributed by atoms with Crippen LogP contribution in [0.4, 0.5) is 5.95 Å². The summed E-state index contributed by atoms with van der Waals surface area (Å²) in [5.41, 5.74) is 5.25. The Morgan fingerprint density at radius 1 is 1.47 bits per heavy atom. The van der Waals surface area contributed by atoms with E-state index in [0.717, 1.165) is 0 Å². The van der Waals surface area contributed by atoms with Crippen LogP contribution in [0.2, 0.25) is 0 Å². The topological polar surface area (TPSA) is 128 Å². The number of β-amino-alcohol motifs (C(OH)–C–C–N with tert-alkyl or cyclic N) is 2. The van der Waals surface area contributed by atoms with E-state index in [1.807, 2.05) is 0 Å². The monoisotopic (exact) mass is 213 g/mol. The molecule has 1 aliphatic heterocycles. The number of nitrogens with two attached hydrogens (primary N) is 1. The quantitative estimate of drug-likeness (QED) is 0.410. The third-order valence-electron chi connectivity index (χ3n) is 2.25. The zero-order valence-corrected chi connectivity index (χ0v) is 7.79. The Hall–Kier alpha value is -1.67. The first-order chi connectivity index (χ1) is 7.08. The summed E-state index contributed by atoms with van der Waals surface area (Å²) in [5, 5.41) is 24.4. The van der Waals surface area contributed by atoms with Gasteiger partial charge in [-0.05, 0) is 0 Å². The fraction of sp³-hybridized carbons (Fsp3) is 0.571. The molecule has 0 radical (unpaired) electrons. The van der Waals surface area contributed by atoms with Crippen molar-refractivity contribution in [1.29, 1.82) is 0 Å². The molecule has 1 fully saturated rings. The van der Waals surface area contributed by atoms with Gasteiger partial charge in [-0.25, -0.2) is 0 Å². The summed E-state index contributed by atoms with van der Waals surface area (Å²) in [4.78, 5) is 16.6. The number of likely N-dealkylation sites (tertiary alicyclic amines) is 1. The molecule has 8 nitrogen and oxygen atoms in total. The highest BCUT2D eigenvalue weighted by Crippen LogP contribution is 2.12. The first-order valence-electron chi connectivity index (χ1n) is 4.41. The molecule has 82 valence electrons. The third-order valence-corrected chi connectivity index (χ3v) is 2.25. The minimum Gasteiger partial charge on any atom is -0.388 e. The van der Waals surface area contributed by atoms with Crippen LogP contribution in [0.25, 0.3) is 0 Å². The van der Waals surface area contributed by atoms with Crippen LogP contribution in [0.1, 0.15) is 10.6 Å². The van der Waals surface area contributed by atoms with Crippen LogP contribution in [-0.2, 0) is 0 Å². The number of amides is 1. The van der Waals surface area contributed by atoms with Gasteiger partial charge in [-0.15, -0.1) is 5.10 Å². The summed E-state index contributed by atoms with van der Waals surface area (Å²) < 4.78 is 0. The van der Waals surface area contributed by atoms with Crippen molar-refractivity contribution in [3.05, 3.63) is 5.82 Å². The number of H-pyrrole nitrogens is 1. The van der Waals surface area contributed by atoms with Crippen molar-refractivity contribution < 1.29 is 15.0 Å². The van der Waals surface area contributed by atoms with E-state index in [2.05, 4.69) is 15.2 Å². The molecule has 0 saturated carbocycles. The van der Waals surface area contributed by atoms with E-state index in [9.17, 15) is 15.0 Å². The van der Waals surface area contributed by atoms with E-state index < -0.39 is 18.1 Å². The predicted octanol–water partition coefficient (Wildman–Crippen LogP) is -2.44. The van der Waals surface area contributed by atoms with Gasteiger partial charge >= 0.3 is 0 Å². The van der Waals surface area contributed by atoms with Crippen LogP contribution in [0.15, 0.2) is 0 Å². The molecule has 1 saturated heterocycles. The van der Waals surface area contributed by atoms with Gasteiger partial charge in [-0.3, -0.25) is 9.89 Å². The zero-order chi connectivity index (χ0) is 11.0. The molecule has 2 atom stereocenters. The summed E-state index contributed by atoms with van der Waals surface area (Å²) in [6.07, 6.45) is -1.82. The van der Waals surface area contributed by atoms with E-state index in [1.165, 1.54) is 4.90 Å². The minimum absolute atomic E-state index is 0.00815. The predicted molar refractivity (Wildman–Crippen MR) is 48.7 cm³/mol. The number of carbonyl (C=O) groups excluding carboxylic acids is 1. The molecule has 2 heterocycles. The fourth-order valence-corrected chi connectivity index (χ4v) is 1.46. The number of hydrogen-bond acceptors (Lipinski definition) is 6. The summed E-state index contributed by atoms with van der Waals surface area (Å²) in [7, 11) is 0. The lowest BCUT2D eigenvalue weighted by molar-refractivity contribution is 0.0572. The highest BCUT2D eigenvalue weighted by Gasteiger charge is 2.34. The van der Waals surface area contributed by atoms with Gasteiger partial charge in [-0.1, -0.05) is 0 Å². The largest absolute Gasteiger partial charge is 0.388 e. The van der Waals surface area contributed by atoms with E-state index in [-0.39, 0.29) is 24.9 Å². The van der Waals surface area contributed by atoms with Crippen molar-refractivity contribution in [2.45, 2.75) is 12.2 Å². The Kier molecular flexibility index (Phi) is 2.29. The fourth-order valence-electron chi connectivity index (χ4n) is 1.46. The molecule has 8 heteroatoms. The second kappa shape index (κ2) is 3.48. The van der Waals surface area contributed by atoms with E-state index in [1.54, 1.807) is 0 Å². The average molecular weight is 213 g/mol. The molecule has 1 aliphatic rings. The average Bonchev–Trinajstić information content (AvgIpc) is 2.74. The molecule has 0 aliphatic carbocycles. The van der Waals surface area contributed by atoms with Crippen LogP contribution < -0.4 is 5.73 Å². The van der Waals surface area contributed by atoms with Gasteiger partial charge in [0.1, 0.15) is 0 Å². The second-order valence-corrected chi connectivity index (χ2v) is 3.39. The van der Waals surface area contributed by atoms with Crippen molar-refractivity contribution >= 4 is 11.9 Å². The summed E-state index contributed by atoms with van der Waals surface area (Å²) in [6, 6.07) is 0. The molecular formula is C7H11N5O3.